The Balaban J connectivity index is 1.51. The highest BCUT2D eigenvalue weighted by Gasteiger charge is 2.36. The molecule has 0 saturated carbocycles. The molecule has 2 aliphatic rings. The summed E-state index contributed by atoms with van der Waals surface area (Å²) in [5, 5.41) is 2.76. The van der Waals surface area contributed by atoms with E-state index in [1.807, 2.05) is 19.0 Å². The summed E-state index contributed by atoms with van der Waals surface area (Å²) < 4.78 is 24.9. The third kappa shape index (κ3) is 5.14. The molecule has 0 fully saturated rings. The Morgan fingerprint density at radius 3 is 2.37 bits per heavy atom. The summed E-state index contributed by atoms with van der Waals surface area (Å²) >= 11 is 0. The molecule has 0 bridgehead atoms. The summed E-state index contributed by atoms with van der Waals surface area (Å²) in [6, 6.07) is 16.4. The molecule has 5 rings (SSSR count). The summed E-state index contributed by atoms with van der Waals surface area (Å²) in [6.45, 7) is 1.36. The van der Waals surface area contributed by atoms with Gasteiger partial charge in [-0.3, -0.25) is 14.6 Å². The number of rotatable bonds is 7. The van der Waals surface area contributed by atoms with Crippen molar-refractivity contribution in [3.05, 3.63) is 95.7 Å². The molecule has 0 aliphatic carbocycles. The van der Waals surface area contributed by atoms with E-state index in [1.165, 1.54) is 24.7 Å². The lowest BCUT2D eigenvalue weighted by Gasteiger charge is -2.20. The van der Waals surface area contributed by atoms with E-state index in [-0.39, 0.29) is 11.8 Å². The first-order chi connectivity index (χ1) is 18.3. The first kappa shape index (κ1) is 25.2. The van der Waals surface area contributed by atoms with E-state index in [9.17, 15) is 14.0 Å². The minimum atomic E-state index is -0.776. The number of likely N-dealkylation sites (N-methyl/N-ethyl adjacent to an activating group) is 2. The predicted octanol–water partition coefficient (Wildman–Crippen LogP) is 4.56. The van der Waals surface area contributed by atoms with Gasteiger partial charge in [-0.2, -0.15) is 0 Å². The van der Waals surface area contributed by atoms with Crippen LogP contribution in [0.3, 0.4) is 0 Å². The maximum atomic E-state index is 13.9. The monoisotopic (exact) mass is 514 g/mol. The molecule has 0 radical (unpaired) electrons. The predicted molar refractivity (Wildman–Crippen MR) is 143 cm³/mol. The summed E-state index contributed by atoms with van der Waals surface area (Å²) in [4.78, 5) is 34.5. The van der Waals surface area contributed by atoms with Crippen molar-refractivity contribution >= 4 is 28.9 Å². The molecule has 8 nitrogen and oxygen atoms in total. The molecule has 2 amide bonds. The van der Waals surface area contributed by atoms with E-state index in [4.69, 9.17) is 14.5 Å². The van der Waals surface area contributed by atoms with Crippen LogP contribution in [0.15, 0.2) is 78.2 Å². The fourth-order valence-corrected chi connectivity index (χ4v) is 4.35. The average Bonchev–Trinajstić information content (AvgIpc) is 3.24. The standard InChI is InChI=1S/C29H27FN4O4/c1-33(2)12-13-34(3)29(36)18-4-8-21(9-5-18)31-27(19-6-11-24-25(16-19)38-15-14-37-24)26-22-10-7-20(30)17-23(22)32-28(26)35/h4-11,14-17,26H,12-13H2,1-3H3,(H,32,35). The fourth-order valence-electron chi connectivity index (χ4n) is 4.35. The van der Waals surface area contributed by atoms with Crippen molar-refractivity contribution in [3.8, 4) is 11.5 Å². The second-order valence-electron chi connectivity index (χ2n) is 9.40. The number of carbonyl (C=O) groups excluding carboxylic acids is 2. The van der Waals surface area contributed by atoms with E-state index in [0.29, 0.717) is 51.8 Å². The summed E-state index contributed by atoms with van der Waals surface area (Å²) in [7, 11) is 5.69. The van der Waals surface area contributed by atoms with Gasteiger partial charge in [0.15, 0.2) is 11.5 Å². The molecule has 2 aliphatic heterocycles. The lowest BCUT2D eigenvalue weighted by atomic mass is 9.90. The number of hydrogen-bond donors (Lipinski definition) is 1. The van der Waals surface area contributed by atoms with Gasteiger partial charge in [0.05, 0.1) is 11.4 Å². The van der Waals surface area contributed by atoms with Crippen LogP contribution in [0.1, 0.15) is 27.4 Å². The number of amides is 2. The Hall–Kier alpha value is -4.50. The molecule has 9 heteroatoms. The van der Waals surface area contributed by atoms with Crippen LogP contribution in [0, 0.1) is 5.82 Å². The van der Waals surface area contributed by atoms with Gasteiger partial charge < -0.3 is 24.6 Å². The number of fused-ring (bicyclic) bond motifs is 2. The molecule has 3 aromatic carbocycles. The first-order valence-corrected chi connectivity index (χ1v) is 12.1. The minimum Gasteiger partial charge on any atom is -0.458 e. The minimum absolute atomic E-state index is 0.0892. The van der Waals surface area contributed by atoms with Gasteiger partial charge >= 0.3 is 0 Å². The summed E-state index contributed by atoms with van der Waals surface area (Å²) in [5.41, 5.74) is 3.23. The third-order valence-electron chi connectivity index (χ3n) is 6.40. The molecule has 0 saturated heterocycles. The lowest BCUT2D eigenvalue weighted by Crippen LogP contribution is -2.33. The van der Waals surface area contributed by atoms with E-state index >= 15 is 0 Å². The van der Waals surface area contributed by atoms with Gasteiger partial charge in [-0.25, -0.2) is 4.39 Å². The highest BCUT2D eigenvalue weighted by molar-refractivity contribution is 6.24. The van der Waals surface area contributed by atoms with Gasteiger partial charge in [-0.1, -0.05) is 6.07 Å². The lowest BCUT2D eigenvalue weighted by molar-refractivity contribution is -0.115. The van der Waals surface area contributed by atoms with Crippen molar-refractivity contribution in [1.29, 1.82) is 0 Å². The van der Waals surface area contributed by atoms with Crippen molar-refractivity contribution < 1.29 is 23.5 Å². The quantitative estimate of drug-likeness (QED) is 0.468. The van der Waals surface area contributed by atoms with E-state index < -0.39 is 11.7 Å². The van der Waals surface area contributed by atoms with Crippen molar-refractivity contribution in [1.82, 2.24) is 9.80 Å². The normalized spacial score (nSPS) is 15.9. The van der Waals surface area contributed by atoms with Crippen LogP contribution < -0.4 is 14.8 Å². The molecule has 194 valence electrons. The SMILES string of the molecule is CN(C)CCN(C)C(=O)c1ccc(N=C(c2ccc3c(c2)OC=CO3)C2C(=O)Nc3cc(F)ccc32)cc1. The Labute approximate surface area is 220 Å². The number of nitrogens with zero attached hydrogens (tertiary/aromatic N) is 3. The number of anilines is 1. The van der Waals surface area contributed by atoms with E-state index in [1.54, 1.807) is 60.5 Å². The Bertz CT molecular complexity index is 1450. The van der Waals surface area contributed by atoms with Crippen LogP contribution in [0.2, 0.25) is 0 Å². The van der Waals surface area contributed by atoms with Crippen LogP contribution in [0.25, 0.3) is 0 Å². The van der Waals surface area contributed by atoms with Crippen LogP contribution in [-0.2, 0) is 4.79 Å². The number of aliphatic imine (C=N–C) groups is 1. The molecular formula is C29H27FN4O4. The number of halogens is 1. The smallest absolute Gasteiger partial charge is 0.253 e. The number of hydrogen-bond acceptors (Lipinski definition) is 6. The van der Waals surface area contributed by atoms with E-state index in [0.717, 1.165) is 6.54 Å². The van der Waals surface area contributed by atoms with Crippen LogP contribution in [0.4, 0.5) is 15.8 Å². The fraction of sp³-hybridized carbons (Fsp3) is 0.207. The van der Waals surface area contributed by atoms with Gasteiger partial charge in [0, 0.05) is 37.0 Å². The molecule has 1 N–H and O–H groups in total. The molecule has 38 heavy (non-hydrogen) atoms. The molecule has 0 spiro atoms. The zero-order valence-corrected chi connectivity index (χ0v) is 21.3. The molecule has 0 aromatic heterocycles. The number of carbonyl (C=O) groups is 2. The van der Waals surface area contributed by atoms with Gasteiger partial charge in [-0.05, 0) is 74.3 Å². The highest BCUT2D eigenvalue weighted by atomic mass is 19.1. The molecule has 1 atom stereocenters. The molecule has 1 unspecified atom stereocenters. The van der Waals surface area contributed by atoms with Crippen LogP contribution in [0.5, 0.6) is 11.5 Å². The molecule has 2 heterocycles. The van der Waals surface area contributed by atoms with Gasteiger partial charge in [0.25, 0.3) is 5.91 Å². The second-order valence-corrected chi connectivity index (χ2v) is 9.40. The Kier molecular flexibility index (Phi) is 6.93. The third-order valence-corrected chi connectivity index (χ3v) is 6.40. The van der Waals surface area contributed by atoms with Crippen molar-refractivity contribution in [3.63, 3.8) is 0 Å². The summed E-state index contributed by atoms with van der Waals surface area (Å²) in [6.07, 6.45) is 2.86. The zero-order chi connectivity index (χ0) is 26.8. The van der Waals surface area contributed by atoms with Crippen LogP contribution in [-0.4, -0.2) is 61.6 Å². The number of ether oxygens (including phenoxy) is 2. The zero-order valence-electron chi connectivity index (χ0n) is 21.3. The second kappa shape index (κ2) is 10.5. The highest BCUT2D eigenvalue weighted by Crippen LogP contribution is 2.39. The molecule has 3 aromatic rings. The van der Waals surface area contributed by atoms with Gasteiger partial charge in [-0.15, -0.1) is 0 Å². The average molecular weight is 515 g/mol. The topological polar surface area (TPSA) is 83.5 Å². The molecular weight excluding hydrogens is 487 g/mol. The summed E-state index contributed by atoms with van der Waals surface area (Å²) in [5.74, 6) is -0.596. The Morgan fingerprint density at radius 2 is 1.63 bits per heavy atom. The largest absolute Gasteiger partial charge is 0.458 e. The number of nitrogens with one attached hydrogen (secondary N) is 1. The maximum Gasteiger partial charge on any atom is 0.253 e. The number of benzene rings is 3. The van der Waals surface area contributed by atoms with Crippen molar-refractivity contribution in [2.45, 2.75) is 5.92 Å². The van der Waals surface area contributed by atoms with Crippen LogP contribution >= 0.6 is 0 Å². The Morgan fingerprint density at radius 1 is 0.921 bits per heavy atom. The van der Waals surface area contributed by atoms with E-state index in [2.05, 4.69) is 5.32 Å². The van der Waals surface area contributed by atoms with Gasteiger partial charge in [0.2, 0.25) is 5.91 Å². The van der Waals surface area contributed by atoms with Crippen molar-refractivity contribution in [2.24, 2.45) is 4.99 Å². The van der Waals surface area contributed by atoms with Crippen molar-refractivity contribution in [2.75, 3.05) is 39.5 Å². The first-order valence-electron chi connectivity index (χ1n) is 12.1. The maximum absolute atomic E-state index is 13.9. The van der Waals surface area contributed by atoms with Gasteiger partial charge in [0.1, 0.15) is 24.3 Å².